The molecule has 0 bridgehead atoms. The zero-order chi connectivity index (χ0) is 15.7. The van der Waals surface area contributed by atoms with E-state index in [-0.39, 0.29) is 23.0 Å². The number of rotatable bonds is 0. The van der Waals surface area contributed by atoms with Crippen LogP contribution in [0, 0.1) is 17.3 Å². The number of aliphatic hydroxyl groups is 1. The second-order valence-corrected chi connectivity index (χ2v) is 8.00. The number of carbonyl (C=O) groups excluding carboxylic acids is 1. The molecule has 0 aromatic heterocycles. The lowest BCUT2D eigenvalue weighted by atomic mass is 9.53. The molecule has 4 rings (SSSR count). The smallest absolute Gasteiger partial charge is 0.139 e. The summed E-state index contributed by atoms with van der Waals surface area (Å²) in [5.74, 6) is 0.768. The first-order valence-corrected chi connectivity index (χ1v) is 8.53. The highest BCUT2D eigenvalue weighted by Crippen LogP contribution is 2.62. The number of halogens is 1. The van der Waals surface area contributed by atoms with Crippen molar-refractivity contribution in [3.63, 3.8) is 0 Å². The summed E-state index contributed by atoms with van der Waals surface area (Å²) in [6, 6.07) is 5.17. The number of hydrogen-bond donors (Lipinski definition) is 2. The standard InChI is InChI=1S/C18H21ClO3/c1-17-9-15(19)18(22)12-5-3-11(20)8-10(12)2-4-14(18)13(17)6-7-16(17)21/h3,5,8,13-15,20,22H,2,4,6-7,9H2,1H3/t13-,14-,15-,17-,18-/m0/s1. The van der Waals surface area contributed by atoms with Gasteiger partial charge in [-0.25, -0.2) is 0 Å². The largest absolute Gasteiger partial charge is 0.508 e. The predicted octanol–water partition coefficient (Wildman–Crippen LogP) is 3.14. The summed E-state index contributed by atoms with van der Waals surface area (Å²) in [6.45, 7) is 2.04. The van der Waals surface area contributed by atoms with Gasteiger partial charge in [-0.15, -0.1) is 11.6 Å². The Hall–Kier alpha value is -1.06. The van der Waals surface area contributed by atoms with Gasteiger partial charge in [-0.3, -0.25) is 4.79 Å². The molecule has 0 saturated heterocycles. The van der Waals surface area contributed by atoms with E-state index in [4.69, 9.17) is 11.6 Å². The molecule has 22 heavy (non-hydrogen) atoms. The molecule has 1 aromatic carbocycles. The SMILES string of the molecule is C[C@]12C[C@H](Cl)[C@]3(O)c4ccc(O)cc4CC[C@H]3[C@@H]1CCC2=O. The average molecular weight is 321 g/mol. The second-order valence-electron chi connectivity index (χ2n) is 7.47. The predicted molar refractivity (Wildman–Crippen MR) is 83.9 cm³/mol. The lowest BCUT2D eigenvalue weighted by Gasteiger charge is -2.55. The summed E-state index contributed by atoms with van der Waals surface area (Å²) in [5.41, 5.74) is 0.371. The van der Waals surface area contributed by atoms with Crippen molar-refractivity contribution in [1.82, 2.24) is 0 Å². The topological polar surface area (TPSA) is 57.5 Å². The number of alkyl halides is 1. The third-order valence-electron chi connectivity index (χ3n) is 6.51. The van der Waals surface area contributed by atoms with Crippen LogP contribution in [0.1, 0.15) is 43.7 Å². The van der Waals surface area contributed by atoms with Gasteiger partial charge in [0.25, 0.3) is 0 Å². The Morgan fingerprint density at radius 1 is 1.23 bits per heavy atom. The van der Waals surface area contributed by atoms with Crippen molar-refractivity contribution in [2.45, 2.75) is 50.0 Å². The van der Waals surface area contributed by atoms with Crippen molar-refractivity contribution in [3.8, 4) is 5.75 Å². The molecule has 0 amide bonds. The van der Waals surface area contributed by atoms with Crippen molar-refractivity contribution in [3.05, 3.63) is 29.3 Å². The lowest BCUT2D eigenvalue weighted by molar-refractivity contribution is -0.145. The number of phenolic OH excluding ortho intramolecular Hbond substituents is 1. The van der Waals surface area contributed by atoms with Crippen molar-refractivity contribution in [2.24, 2.45) is 17.3 Å². The fourth-order valence-corrected chi connectivity index (χ4v) is 5.95. The van der Waals surface area contributed by atoms with E-state index in [2.05, 4.69) is 0 Å². The summed E-state index contributed by atoms with van der Waals surface area (Å²) >= 11 is 6.66. The maximum Gasteiger partial charge on any atom is 0.139 e. The Morgan fingerprint density at radius 2 is 1.95 bits per heavy atom. The van der Waals surface area contributed by atoms with Crippen LogP contribution >= 0.6 is 11.6 Å². The molecule has 118 valence electrons. The summed E-state index contributed by atoms with van der Waals surface area (Å²) in [7, 11) is 0. The zero-order valence-corrected chi connectivity index (χ0v) is 13.4. The van der Waals surface area contributed by atoms with E-state index in [0.29, 0.717) is 18.6 Å². The minimum absolute atomic E-state index is 0.0252. The van der Waals surface area contributed by atoms with E-state index >= 15 is 0 Å². The van der Waals surface area contributed by atoms with Gasteiger partial charge in [0.15, 0.2) is 0 Å². The third-order valence-corrected chi connectivity index (χ3v) is 7.00. The Balaban J connectivity index is 1.85. The maximum atomic E-state index is 12.4. The van der Waals surface area contributed by atoms with Gasteiger partial charge >= 0.3 is 0 Å². The number of benzene rings is 1. The van der Waals surface area contributed by atoms with Gasteiger partial charge in [0.1, 0.15) is 17.1 Å². The summed E-state index contributed by atoms with van der Waals surface area (Å²) < 4.78 is 0. The van der Waals surface area contributed by atoms with Gasteiger partial charge in [0.05, 0.1) is 5.38 Å². The van der Waals surface area contributed by atoms with Crippen LogP contribution in [0.25, 0.3) is 0 Å². The minimum atomic E-state index is -1.09. The van der Waals surface area contributed by atoms with E-state index in [0.717, 1.165) is 30.4 Å². The second kappa shape index (κ2) is 4.48. The van der Waals surface area contributed by atoms with Crippen molar-refractivity contribution >= 4 is 17.4 Å². The van der Waals surface area contributed by atoms with E-state index in [1.807, 2.05) is 13.0 Å². The summed E-state index contributed by atoms with van der Waals surface area (Å²) in [4.78, 5) is 12.4. The molecule has 4 heteroatoms. The third kappa shape index (κ3) is 1.64. The molecule has 2 fully saturated rings. The number of ketones is 1. The first kappa shape index (κ1) is 14.5. The molecule has 3 nitrogen and oxygen atoms in total. The number of Topliss-reactive ketones (excluding diaryl/α,β-unsaturated/α-hetero) is 1. The molecular formula is C18H21ClO3. The van der Waals surface area contributed by atoms with Crippen LogP contribution in [0.2, 0.25) is 0 Å². The van der Waals surface area contributed by atoms with Crippen molar-refractivity contribution < 1.29 is 15.0 Å². The molecule has 2 N–H and O–H groups in total. The molecule has 0 unspecified atom stereocenters. The van der Waals surface area contributed by atoms with Gasteiger partial charge in [-0.2, -0.15) is 0 Å². The monoisotopic (exact) mass is 320 g/mol. The Labute approximate surface area is 135 Å². The van der Waals surface area contributed by atoms with Crippen LogP contribution in [0.15, 0.2) is 18.2 Å². The zero-order valence-electron chi connectivity index (χ0n) is 12.7. The van der Waals surface area contributed by atoms with E-state index in [1.165, 1.54) is 0 Å². The number of aromatic hydroxyl groups is 1. The molecule has 0 radical (unpaired) electrons. The van der Waals surface area contributed by atoms with E-state index in [1.54, 1.807) is 12.1 Å². The number of aryl methyl sites for hydroxylation is 1. The van der Waals surface area contributed by atoms with Crippen LogP contribution in [0.3, 0.4) is 0 Å². The molecule has 0 spiro atoms. The van der Waals surface area contributed by atoms with Gasteiger partial charge in [-0.1, -0.05) is 13.0 Å². The average Bonchev–Trinajstić information content (AvgIpc) is 2.75. The van der Waals surface area contributed by atoms with Crippen LogP contribution in [-0.2, 0) is 16.8 Å². The highest BCUT2D eigenvalue weighted by molar-refractivity contribution is 6.21. The van der Waals surface area contributed by atoms with Crippen LogP contribution < -0.4 is 0 Å². The molecule has 5 atom stereocenters. The van der Waals surface area contributed by atoms with Crippen LogP contribution in [0.4, 0.5) is 0 Å². The van der Waals surface area contributed by atoms with Gasteiger partial charge < -0.3 is 10.2 Å². The fraction of sp³-hybridized carbons (Fsp3) is 0.611. The molecule has 3 aliphatic carbocycles. The fourth-order valence-electron chi connectivity index (χ4n) is 5.35. The number of carbonyl (C=O) groups is 1. The Morgan fingerprint density at radius 3 is 2.73 bits per heavy atom. The number of fused-ring (bicyclic) bond motifs is 5. The molecule has 0 aliphatic heterocycles. The van der Waals surface area contributed by atoms with Gasteiger partial charge in [0.2, 0.25) is 0 Å². The van der Waals surface area contributed by atoms with Crippen molar-refractivity contribution in [1.29, 1.82) is 0 Å². The lowest BCUT2D eigenvalue weighted by Crippen LogP contribution is -2.58. The molecule has 1 aromatic rings. The van der Waals surface area contributed by atoms with Crippen LogP contribution in [-0.4, -0.2) is 21.4 Å². The minimum Gasteiger partial charge on any atom is -0.508 e. The quantitative estimate of drug-likeness (QED) is 0.722. The molecular weight excluding hydrogens is 300 g/mol. The highest BCUT2D eigenvalue weighted by Gasteiger charge is 2.63. The van der Waals surface area contributed by atoms with E-state index < -0.39 is 11.0 Å². The molecule has 3 aliphatic rings. The first-order chi connectivity index (χ1) is 10.4. The van der Waals surface area contributed by atoms with Gasteiger partial charge in [0, 0.05) is 11.8 Å². The summed E-state index contributed by atoms with van der Waals surface area (Å²) in [6.07, 6.45) is 3.65. The normalized spacial score (nSPS) is 43.4. The number of phenols is 1. The molecule has 2 saturated carbocycles. The Bertz CT molecular complexity index is 658. The van der Waals surface area contributed by atoms with E-state index in [9.17, 15) is 15.0 Å². The Kier molecular flexibility index (Phi) is 2.96. The van der Waals surface area contributed by atoms with Gasteiger partial charge in [-0.05, 0) is 60.8 Å². The maximum absolute atomic E-state index is 12.4. The first-order valence-electron chi connectivity index (χ1n) is 8.09. The summed E-state index contributed by atoms with van der Waals surface area (Å²) in [5, 5.41) is 20.8. The highest BCUT2D eigenvalue weighted by atomic mass is 35.5. The van der Waals surface area contributed by atoms with Crippen molar-refractivity contribution in [2.75, 3.05) is 0 Å². The van der Waals surface area contributed by atoms with Crippen LogP contribution in [0.5, 0.6) is 5.75 Å². The number of hydrogen-bond acceptors (Lipinski definition) is 3. The molecule has 0 heterocycles.